The zero-order chi connectivity index (χ0) is 36.5. The summed E-state index contributed by atoms with van der Waals surface area (Å²) in [6.45, 7) is 4.41. The van der Waals surface area contributed by atoms with Crippen LogP contribution in [0.4, 0.5) is 41.6 Å². The molecule has 1 aromatic carbocycles. The number of anilines is 1. The number of rotatable bonds is 9. The molecule has 50 heavy (non-hydrogen) atoms. The van der Waals surface area contributed by atoms with Gasteiger partial charge in [-0.05, 0) is 57.4 Å². The third-order valence-electron chi connectivity index (χ3n) is 7.89. The number of nitrogens with zero attached hydrogens (tertiary/aromatic N) is 6. The number of pyridine rings is 1. The van der Waals surface area contributed by atoms with Crippen molar-refractivity contribution in [2.45, 2.75) is 70.3 Å². The molecule has 0 radical (unpaired) electrons. The Hall–Kier alpha value is -5.20. The van der Waals surface area contributed by atoms with Crippen molar-refractivity contribution in [3.63, 3.8) is 0 Å². The number of ether oxygens (including phenoxy) is 2. The van der Waals surface area contributed by atoms with Gasteiger partial charge < -0.3 is 35.1 Å². The summed E-state index contributed by atoms with van der Waals surface area (Å²) < 4.78 is 96.3. The van der Waals surface area contributed by atoms with E-state index in [1.165, 1.54) is 23.2 Å². The maximum Gasteiger partial charge on any atom is 0.411 e. The highest BCUT2D eigenvalue weighted by atomic mass is 19.3. The van der Waals surface area contributed by atoms with Gasteiger partial charge in [-0.25, -0.2) is 45.9 Å². The van der Waals surface area contributed by atoms with E-state index in [9.17, 15) is 41.0 Å². The lowest BCUT2D eigenvalue weighted by atomic mass is 9.83. The Morgan fingerprint density at radius 2 is 1.80 bits per heavy atom. The Kier molecular flexibility index (Phi) is 10.1. The lowest BCUT2D eigenvalue weighted by Gasteiger charge is -2.46. The largest absolute Gasteiger partial charge is 0.444 e. The van der Waals surface area contributed by atoms with Crippen molar-refractivity contribution in [1.82, 2.24) is 29.8 Å². The standard InChI is InChI=1S/C31H32F6N8O5/c1-30(2,3)50-29(48)43-31(23(46)25(36)37)5-4-6-44(12-31)21-10-39-20(16-8-18(32)19(33)9-17(16)24(34)35)7-15(21)11-45-14-42-22-26(45)40-13-41-27(22)49-28(38)47/h7-10,13-14,23-25,46H,4-6,11-12H2,1-3H3,(H2,38,47)(H,43,48). The molecule has 2 unspecified atom stereocenters. The Bertz CT molecular complexity index is 1910. The molecule has 5 rings (SSSR count). The van der Waals surface area contributed by atoms with Gasteiger partial charge in [0.2, 0.25) is 0 Å². The molecule has 2 atom stereocenters. The lowest BCUT2D eigenvalue weighted by Crippen LogP contribution is -2.67. The van der Waals surface area contributed by atoms with Crippen LogP contribution in [0, 0.1) is 11.6 Å². The second-order valence-corrected chi connectivity index (χ2v) is 12.6. The fraction of sp³-hybridized carbons (Fsp3) is 0.419. The SMILES string of the molecule is CC(C)(C)OC(=O)NC1(C(O)C(F)F)CCCN(c2cnc(-c3cc(F)c(F)cc3C(F)F)cc2Cn2cnc3c(OC(N)=O)ncnc32)C1. The second kappa shape index (κ2) is 14.0. The number of alkyl carbamates (subject to hydrolysis) is 1. The van der Waals surface area contributed by atoms with Gasteiger partial charge in [-0.15, -0.1) is 0 Å². The van der Waals surface area contributed by atoms with E-state index in [0.29, 0.717) is 12.1 Å². The average Bonchev–Trinajstić information content (AvgIpc) is 3.44. The molecule has 0 aliphatic carbocycles. The van der Waals surface area contributed by atoms with Gasteiger partial charge in [0.1, 0.15) is 18.0 Å². The predicted octanol–water partition coefficient (Wildman–Crippen LogP) is 5.10. The number of nitrogens with two attached hydrogens (primary N) is 1. The molecule has 4 N–H and O–H groups in total. The van der Waals surface area contributed by atoms with Gasteiger partial charge in [0.25, 0.3) is 18.7 Å². The third kappa shape index (κ3) is 7.66. The molecule has 19 heteroatoms. The molecule has 0 bridgehead atoms. The summed E-state index contributed by atoms with van der Waals surface area (Å²) in [4.78, 5) is 42.3. The number of hydrogen-bond donors (Lipinski definition) is 3. The highest BCUT2D eigenvalue weighted by Crippen LogP contribution is 2.37. The maximum atomic E-state index is 14.4. The number of halogens is 6. The minimum Gasteiger partial charge on any atom is -0.444 e. The number of primary amides is 1. The number of alkyl halides is 4. The molecule has 1 aliphatic heterocycles. The van der Waals surface area contributed by atoms with Crippen molar-refractivity contribution in [3.8, 4) is 17.1 Å². The summed E-state index contributed by atoms with van der Waals surface area (Å²) in [5.41, 5.74) is 1.48. The molecule has 1 fully saturated rings. The van der Waals surface area contributed by atoms with Crippen LogP contribution in [0.15, 0.2) is 37.1 Å². The summed E-state index contributed by atoms with van der Waals surface area (Å²) in [5.74, 6) is -3.14. The molecular formula is C31H32F6N8O5. The van der Waals surface area contributed by atoms with Crippen LogP contribution in [-0.2, 0) is 11.3 Å². The molecule has 4 heterocycles. The molecule has 3 aromatic heterocycles. The van der Waals surface area contributed by atoms with E-state index in [1.807, 2.05) is 0 Å². The van der Waals surface area contributed by atoms with E-state index in [0.717, 1.165) is 6.33 Å². The number of hydrogen-bond acceptors (Lipinski definition) is 10. The summed E-state index contributed by atoms with van der Waals surface area (Å²) >= 11 is 0. The van der Waals surface area contributed by atoms with Crippen LogP contribution in [-0.4, -0.2) is 78.6 Å². The van der Waals surface area contributed by atoms with E-state index in [4.69, 9.17) is 15.2 Å². The monoisotopic (exact) mass is 710 g/mol. The molecular weight excluding hydrogens is 678 g/mol. The van der Waals surface area contributed by atoms with Gasteiger partial charge in [-0.2, -0.15) is 4.98 Å². The van der Waals surface area contributed by atoms with Crippen LogP contribution in [0.1, 0.15) is 51.2 Å². The second-order valence-electron chi connectivity index (χ2n) is 12.6. The number of carbonyl (C=O) groups excluding carboxylic acids is 2. The van der Waals surface area contributed by atoms with Gasteiger partial charge in [-0.3, -0.25) is 4.98 Å². The van der Waals surface area contributed by atoms with Crippen molar-refractivity contribution < 1.29 is 50.5 Å². The number of piperidine rings is 1. The van der Waals surface area contributed by atoms with Crippen LogP contribution < -0.4 is 20.7 Å². The first-order valence-corrected chi connectivity index (χ1v) is 15.1. The van der Waals surface area contributed by atoms with E-state index in [2.05, 4.69) is 25.3 Å². The molecule has 1 aliphatic rings. The molecule has 0 saturated carbocycles. The maximum absolute atomic E-state index is 14.4. The molecule has 2 amide bonds. The summed E-state index contributed by atoms with van der Waals surface area (Å²) in [5, 5.41) is 13.2. The third-order valence-corrected chi connectivity index (χ3v) is 7.89. The minimum atomic E-state index is -3.26. The van der Waals surface area contributed by atoms with Crippen LogP contribution in [0.3, 0.4) is 0 Å². The van der Waals surface area contributed by atoms with Crippen molar-refractivity contribution in [3.05, 3.63) is 59.8 Å². The van der Waals surface area contributed by atoms with Crippen molar-refractivity contribution >= 4 is 29.0 Å². The number of amides is 2. The highest BCUT2D eigenvalue weighted by Gasteiger charge is 2.48. The summed E-state index contributed by atoms with van der Waals surface area (Å²) in [7, 11) is 0. The molecule has 268 valence electrons. The Morgan fingerprint density at radius 1 is 1.08 bits per heavy atom. The normalized spacial score (nSPS) is 17.3. The summed E-state index contributed by atoms with van der Waals surface area (Å²) in [6, 6.07) is 2.28. The zero-order valence-corrected chi connectivity index (χ0v) is 26.8. The molecule has 1 saturated heterocycles. The van der Waals surface area contributed by atoms with Gasteiger partial charge >= 0.3 is 12.2 Å². The molecule has 4 aromatic rings. The van der Waals surface area contributed by atoms with Crippen molar-refractivity contribution in [2.75, 3.05) is 18.0 Å². The van der Waals surface area contributed by atoms with Gasteiger partial charge in [-0.1, -0.05) is 0 Å². The van der Waals surface area contributed by atoms with Crippen molar-refractivity contribution in [2.24, 2.45) is 5.73 Å². The Morgan fingerprint density at radius 3 is 2.46 bits per heavy atom. The number of benzene rings is 1. The number of fused-ring (bicyclic) bond motifs is 1. The fourth-order valence-electron chi connectivity index (χ4n) is 5.80. The summed E-state index contributed by atoms with van der Waals surface area (Å²) in [6.07, 6.45) is -7.28. The highest BCUT2D eigenvalue weighted by molar-refractivity contribution is 5.80. The number of carbonyl (C=O) groups is 2. The predicted molar refractivity (Wildman–Crippen MR) is 165 cm³/mol. The molecule has 13 nitrogen and oxygen atoms in total. The Balaban J connectivity index is 1.63. The molecule has 0 spiro atoms. The number of aromatic nitrogens is 5. The van der Waals surface area contributed by atoms with Crippen LogP contribution in [0.5, 0.6) is 5.88 Å². The minimum absolute atomic E-state index is 0.0290. The van der Waals surface area contributed by atoms with Crippen LogP contribution in [0.25, 0.3) is 22.4 Å². The van der Waals surface area contributed by atoms with Gasteiger partial charge in [0.15, 0.2) is 22.8 Å². The van der Waals surface area contributed by atoms with E-state index in [1.54, 1.807) is 25.7 Å². The average molecular weight is 711 g/mol. The van der Waals surface area contributed by atoms with Gasteiger partial charge in [0.05, 0.1) is 36.0 Å². The van der Waals surface area contributed by atoms with Crippen LogP contribution in [0.2, 0.25) is 0 Å². The number of imidazole rings is 1. The van der Waals surface area contributed by atoms with Gasteiger partial charge in [0, 0.05) is 24.2 Å². The Labute approximate surface area is 280 Å². The number of nitrogens with one attached hydrogen (secondary N) is 1. The van der Waals surface area contributed by atoms with Crippen LogP contribution >= 0.6 is 0 Å². The fourth-order valence-corrected chi connectivity index (χ4v) is 5.80. The topological polar surface area (TPSA) is 171 Å². The smallest absolute Gasteiger partial charge is 0.411 e. The lowest BCUT2D eigenvalue weighted by molar-refractivity contribution is -0.0664. The van der Waals surface area contributed by atoms with E-state index in [-0.39, 0.29) is 66.5 Å². The van der Waals surface area contributed by atoms with E-state index >= 15 is 0 Å². The quantitative estimate of drug-likeness (QED) is 0.199. The van der Waals surface area contributed by atoms with E-state index < -0.39 is 65.0 Å². The first-order chi connectivity index (χ1) is 23.5. The van der Waals surface area contributed by atoms with Crippen molar-refractivity contribution in [1.29, 1.82) is 0 Å². The zero-order valence-electron chi connectivity index (χ0n) is 26.8. The number of aliphatic hydroxyl groups excluding tert-OH is 1. The first kappa shape index (κ1) is 36.1. The number of aliphatic hydroxyl groups is 1. The first-order valence-electron chi connectivity index (χ1n) is 15.1.